The van der Waals surface area contributed by atoms with E-state index in [9.17, 15) is 4.79 Å². The van der Waals surface area contributed by atoms with E-state index >= 15 is 0 Å². The second-order valence-corrected chi connectivity index (χ2v) is 7.13. The fraction of sp³-hybridized carbons (Fsp3) is 0.0800. The number of amides is 1. The number of hydrogen-bond acceptors (Lipinski definition) is 6. The molecule has 0 radical (unpaired) electrons. The summed E-state index contributed by atoms with van der Waals surface area (Å²) in [4.78, 5) is 16.7. The van der Waals surface area contributed by atoms with Crippen molar-refractivity contribution in [1.82, 2.24) is 10.4 Å². The van der Waals surface area contributed by atoms with Gasteiger partial charge in [0.2, 0.25) is 6.79 Å². The van der Waals surface area contributed by atoms with Crippen LogP contribution in [0.4, 0.5) is 0 Å². The zero-order chi connectivity index (χ0) is 21.8. The minimum Gasteiger partial charge on any atom is -0.487 e. The first-order valence-corrected chi connectivity index (χ1v) is 10.0. The molecule has 1 aromatic heterocycles. The number of benzene rings is 3. The third-order valence-corrected chi connectivity index (χ3v) is 4.98. The van der Waals surface area contributed by atoms with Gasteiger partial charge in [0.05, 0.1) is 6.21 Å². The molecule has 0 aliphatic carbocycles. The van der Waals surface area contributed by atoms with Crippen LogP contribution in [0.1, 0.15) is 21.5 Å². The van der Waals surface area contributed by atoms with Crippen molar-refractivity contribution in [3.05, 3.63) is 95.7 Å². The molecule has 1 amide bonds. The van der Waals surface area contributed by atoms with Crippen LogP contribution in [-0.4, -0.2) is 23.9 Å². The molecular weight excluding hydrogens is 406 g/mol. The van der Waals surface area contributed by atoms with E-state index < -0.39 is 0 Å². The Morgan fingerprint density at radius 3 is 2.78 bits per heavy atom. The van der Waals surface area contributed by atoms with Crippen LogP contribution in [0.3, 0.4) is 0 Å². The zero-order valence-corrected chi connectivity index (χ0v) is 17.0. The summed E-state index contributed by atoms with van der Waals surface area (Å²) in [6, 6.07) is 22.4. The molecule has 0 fully saturated rings. The molecule has 1 N–H and O–H groups in total. The van der Waals surface area contributed by atoms with Crippen molar-refractivity contribution in [1.29, 1.82) is 0 Å². The van der Waals surface area contributed by atoms with Crippen LogP contribution in [0.5, 0.6) is 17.2 Å². The molecule has 1 aliphatic heterocycles. The molecule has 32 heavy (non-hydrogen) atoms. The molecule has 2 heterocycles. The third kappa shape index (κ3) is 4.22. The van der Waals surface area contributed by atoms with E-state index in [2.05, 4.69) is 15.5 Å². The number of nitrogens with zero attached hydrogens (tertiary/aromatic N) is 2. The fourth-order valence-electron chi connectivity index (χ4n) is 3.33. The van der Waals surface area contributed by atoms with Gasteiger partial charge in [-0.1, -0.05) is 30.3 Å². The summed E-state index contributed by atoms with van der Waals surface area (Å²) in [5.74, 6) is 1.79. The second-order valence-electron chi connectivity index (χ2n) is 7.13. The summed E-state index contributed by atoms with van der Waals surface area (Å²) >= 11 is 0. The maximum atomic E-state index is 12.4. The maximum absolute atomic E-state index is 12.4. The predicted octanol–water partition coefficient (Wildman–Crippen LogP) is 4.31. The van der Waals surface area contributed by atoms with Gasteiger partial charge in [-0.25, -0.2) is 5.43 Å². The van der Waals surface area contributed by atoms with E-state index in [1.165, 1.54) is 0 Å². The standard InChI is InChI=1S/C25H19N3O4/c29-25(28-27-14-18-8-11-21-23(13-18)32-16-31-21)20-9-6-17(7-10-20)15-30-22-5-1-3-19-4-2-12-26-24(19)22/h1-14H,15-16H2,(H,28,29)/b27-14-. The molecule has 1 aliphatic rings. The molecule has 0 unspecified atom stereocenters. The highest BCUT2D eigenvalue weighted by Gasteiger charge is 2.12. The van der Waals surface area contributed by atoms with Crippen molar-refractivity contribution < 1.29 is 19.0 Å². The van der Waals surface area contributed by atoms with Crippen LogP contribution >= 0.6 is 0 Å². The number of aromatic nitrogens is 1. The van der Waals surface area contributed by atoms with Crippen LogP contribution in [0.15, 0.2) is 84.1 Å². The number of carbonyl (C=O) groups excluding carboxylic acids is 1. The highest BCUT2D eigenvalue weighted by Crippen LogP contribution is 2.32. The molecule has 0 saturated heterocycles. The van der Waals surface area contributed by atoms with E-state index in [0.717, 1.165) is 27.8 Å². The van der Waals surface area contributed by atoms with Gasteiger partial charge in [0.1, 0.15) is 17.9 Å². The van der Waals surface area contributed by atoms with Crippen LogP contribution < -0.4 is 19.6 Å². The Morgan fingerprint density at radius 2 is 1.88 bits per heavy atom. The number of carbonyl (C=O) groups is 1. The number of para-hydroxylation sites is 1. The average Bonchev–Trinajstić information content (AvgIpc) is 3.31. The minimum absolute atomic E-state index is 0.215. The lowest BCUT2D eigenvalue weighted by Gasteiger charge is -2.09. The lowest BCUT2D eigenvalue weighted by atomic mass is 10.1. The first-order valence-electron chi connectivity index (χ1n) is 10.0. The fourth-order valence-corrected chi connectivity index (χ4v) is 3.33. The monoisotopic (exact) mass is 425 g/mol. The van der Waals surface area contributed by atoms with Crippen LogP contribution in [0.2, 0.25) is 0 Å². The molecular formula is C25H19N3O4. The predicted molar refractivity (Wildman–Crippen MR) is 120 cm³/mol. The SMILES string of the molecule is O=C(N/N=C\c1ccc2c(c1)OCO2)c1ccc(COc2cccc3cccnc23)cc1. The Kier molecular flexibility index (Phi) is 5.36. The second kappa shape index (κ2) is 8.77. The first kappa shape index (κ1) is 19.6. The molecule has 7 nitrogen and oxygen atoms in total. The Morgan fingerprint density at radius 1 is 1.03 bits per heavy atom. The number of rotatable bonds is 6. The lowest BCUT2D eigenvalue weighted by molar-refractivity contribution is 0.0955. The number of pyridine rings is 1. The van der Waals surface area contributed by atoms with E-state index in [-0.39, 0.29) is 12.7 Å². The summed E-state index contributed by atoms with van der Waals surface area (Å²) in [7, 11) is 0. The van der Waals surface area contributed by atoms with Crippen LogP contribution in [0, 0.1) is 0 Å². The summed E-state index contributed by atoms with van der Waals surface area (Å²) in [6.45, 7) is 0.590. The third-order valence-electron chi connectivity index (χ3n) is 4.98. The van der Waals surface area contributed by atoms with Crippen molar-refractivity contribution in [3.63, 3.8) is 0 Å². The van der Waals surface area contributed by atoms with Gasteiger partial charge in [0.15, 0.2) is 11.5 Å². The number of nitrogens with one attached hydrogen (secondary N) is 1. The highest BCUT2D eigenvalue weighted by molar-refractivity contribution is 5.95. The van der Waals surface area contributed by atoms with E-state index in [4.69, 9.17) is 14.2 Å². The van der Waals surface area contributed by atoms with Gasteiger partial charge < -0.3 is 14.2 Å². The molecule has 3 aromatic carbocycles. The van der Waals surface area contributed by atoms with Gasteiger partial charge in [0.25, 0.3) is 5.91 Å². The maximum Gasteiger partial charge on any atom is 0.271 e. The Hall–Kier alpha value is -4.39. The van der Waals surface area contributed by atoms with E-state index in [1.54, 1.807) is 36.7 Å². The van der Waals surface area contributed by atoms with Crippen LogP contribution in [0.25, 0.3) is 10.9 Å². The van der Waals surface area contributed by atoms with Crippen LogP contribution in [-0.2, 0) is 6.61 Å². The first-order chi connectivity index (χ1) is 15.8. The smallest absolute Gasteiger partial charge is 0.271 e. The highest BCUT2D eigenvalue weighted by atomic mass is 16.7. The van der Waals surface area contributed by atoms with Gasteiger partial charge in [-0.15, -0.1) is 0 Å². The van der Waals surface area contributed by atoms with Gasteiger partial charge in [-0.3, -0.25) is 9.78 Å². The van der Waals surface area contributed by atoms with Crippen molar-refractivity contribution in [3.8, 4) is 17.2 Å². The summed E-state index contributed by atoms with van der Waals surface area (Å²) in [5, 5.41) is 5.04. The molecule has 5 rings (SSSR count). The largest absolute Gasteiger partial charge is 0.487 e. The Labute approximate surface area is 184 Å². The number of hydrogen-bond donors (Lipinski definition) is 1. The van der Waals surface area contributed by atoms with Crippen molar-refractivity contribution >= 4 is 23.0 Å². The van der Waals surface area contributed by atoms with Crippen molar-refractivity contribution in [2.45, 2.75) is 6.61 Å². The Balaban J connectivity index is 1.18. The Bertz CT molecular complexity index is 1300. The molecule has 4 aromatic rings. The van der Waals surface area contributed by atoms with E-state index in [1.807, 2.05) is 48.5 Å². The summed E-state index contributed by atoms with van der Waals surface area (Å²) in [5.41, 5.74) is 5.60. The lowest BCUT2D eigenvalue weighted by Crippen LogP contribution is -2.17. The van der Waals surface area contributed by atoms with Gasteiger partial charge in [-0.05, 0) is 53.6 Å². The summed E-state index contributed by atoms with van der Waals surface area (Å²) < 4.78 is 16.6. The quantitative estimate of drug-likeness (QED) is 0.368. The van der Waals surface area contributed by atoms with Gasteiger partial charge >= 0.3 is 0 Å². The zero-order valence-electron chi connectivity index (χ0n) is 17.0. The molecule has 0 atom stereocenters. The average molecular weight is 425 g/mol. The molecule has 0 saturated carbocycles. The van der Waals surface area contributed by atoms with Crippen molar-refractivity contribution in [2.24, 2.45) is 5.10 Å². The van der Waals surface area contributed by atoms with Gasteiger partial charge in [0, 0.05) is 17.1 Å². The molecule has 158 valence electrons. The topological polar surface area (TPSA) is 82.0 Å². The number of fused-ring (bicyclic) bond motifs is 2. The van der Waals surface area contributed by atoms with Crippen molar-refractivity contribution in [2.75, 3.05) is 6.79 Å². The number of ether oxygens (including phenoxy) is 3. The minimum atomic E-state index is -0.298. The van der Waals surface area contributed by atoms with Gasteiger partial charge in [-0.2, -0.15) is 5.10 Å². The molecule has 0 spiro atoms. The van der Waals surface area contributed by atoms with E-state index in [0.29, 0.717) is 23.7 Å². The molecule has 0 bridgehead atoms. The summed E-state index contributed by atoms with van der Waals surface area (Å²) in [6.07, 6.45) is 3.30. The normalized spacial score (nSPS) is 12.2. The number of hydrazone groups is 1. The molecule has 7 heteroatoms.